The zero-order valence-electron chi connectivity index (χ0n) is 15.9. The van der Waals surface area contributed by atoms with Crippen molar-refractivity contribution < 1.29 is 9.53 Å². The Morgan fingerprint density at radius 1 is 1.03 bits per heavy atom. The van der Waals surface area contributed by atoms with Gasteiger partial charge in [-0.05, 0) is 43.2 Å². The van der Waals surface area contributed by atoms with E-state index in [9.17, 15) is 4.79 Å². The number of anilines is 4. The number of para-hydroxylation sites is 1. The van der Waals surface area contributed by atoms with Crippen LogP contribution in [0.15, 0.2) is 67.1 Å². The number of carbonyl (C=O) groups excluding carboxylic acids is 1. The van der Waals surface area contributed by atoms with Crippen LogP contribution in [-0.4, -0.2) is 40.2 Å². The first kappa shape index (κ1) is 18.8. The van der Waals surface area contributed by atoms with Gasteiger partial charge in [0.1, 0.15) is 5.82 Å². The van der Waals surface area contributed by atoms with Crippen molar-refractivity contribution in [3.8, 4) is 0 Å². The number of nitrogens with zero attached hydrogens (tertiary/aromatic N) is 4. The van der Waals surface area contributed by atoms with Gasteiger partial charge < -0.3 is 15.4 Å². The lowest BCUT2D eigenvalue weighted by Gasteiger charge is -2.25. The van der Waals surface area contributed by atoms with Crippen molar-refractivity contribution in [2.45, 2.75) is 18.9 Å². The van der Waals surface area contributed by atoms with Gasteiger partial charge in [-0.1, -0.05) is 18.2 Å². The van der Waals surface area contributed by atoms with Gasteiger partial charge in [0.05, 0.1) is 17.6 Å². The molecule has 3 aromatic rings. The number of benzene rings is 1. The number of urea groups is 1. The van der Waals surface area contributed by atoms with Gasteiger partial charge in [-0.2, -0.15) is 4.98 Å². The maximum atomic E-state index is 13.1. The van der Waals surface area contributed by atoms with Crippen molar-refractivity contribution in [1.82, 2.24) is 15.0 Å². The number of aromatic nitrogens is 3. The number of carbonyl (C=O) groups is 1. The van der Waals surface area contributed by atoms with Crippen molar-refractivity contribution in [2.24, 2.45) is 0 Å². The van der Waals surface area contributed by atoms with E-state index in [0.717, 1.165) is 26.1 Å². The van der Waals surface area contributed by atoms with Gasteiger partial charge in [0.15, 0.2) is 0 Å². The Bertz CT molecular complexity index is 932. The molecule has 0 atom stereocenters. The fraction of sp³-hybridized carbons (Fsp3) is 0.238. The van der Waals surface area contributed by atoms with Gasteiger partial charge in [0, 0.05) is 31.6 Å². The van der Waals surface area contributed by atoms with E-state index in [2.05, 4.69) is 25.6 Å². The van der Waals surface area contributed by atoms with Crippen LogP contribution in [0.3, 0.4) is 0 Å². The van der Waals surface area contributed by atoms with E-state index in [-0.39, 0.29) is 12.0 Å². The summed E-state index contributed by atoms with van der Waals surface area (Å²) in [4.78, 5) is 27.5. The molecular formula is C21H22N6O2. The maximum absolute atomic E-state index is 13.1. The number of rotatable bonds is 5. The number of nitrogens with one attached hydrogen (secondary N) is 2. The third-order valence-electron chi connectivity index (χ3n) is 4.55. The molecule has 0 aliphatic carbocycles. The first-order chi connectivity index (χ1) is 14.3. The van der Waals surface area contributed by atoms with Gasteiger partial charge in [-0.3, -0.25) is 4.98 Å². The minimum atomic E-state index is -0.368. The van der Waals surface area contributed by atoms with Crippen LogP contribution in [0.1, 0.15) is 12.8 Å². The molecule has 0 spiro atoms. The predicted octanol–water partition coefficient (Wildman–Crippen LogP) is 3.83. The molecule has 0 radical (unpaired) electrons. The Balaban J connectivity index is 1.60. The summed E-state index contributed by atoms with van der Waals surface area (Å²) in [5.41, 5.74) is 1.26. The van der Waals surface area contributed by atoms with E-state index in [4.69, 9.17) is 4.74 Å². The highest BCUT2D eigenvalue weighted by Crippen LogP contribution is 2.24. The second-order valence-electron chi connectivity index (χ2n) is 6.62. The topological polar surface area (TPSA) is 92.3 Å². The molecule has 1 fully saturated rings. The summed E-state index contributed by atoms with van der Waals surface area (Å²) < 4.78 is 5.41. The number of pyridine rings is 1. The van der Waals surface area contributed by atoms with Gasteiger partial charge in [0.2, 0.25) is 5.95 Å². The molecule has 1 saturated heterocycles. The van der Waals surface area contributed by atoms with Gasteiger partial charge >= 0.3 is 6.03 Å². The second-order valence-corrected chi connectivity index (χ2v) is 6.62. The summed E-state index contributed by atoms with van der Waals surface area (Å²) >= 11 is 0. The Labute approximate surface area is 169 Å². The lowest BCUT2D eigenvalue weighted by Crippen LogP contribution is -2.33. The van der Waals surface area contributed by atoms with Crippen LogP contribution in [0.4, 0.5) is 27.9 Å². The lowest BCUT2D eigenvalue weighted by atomic mass is 10.1. The minimum Gasteiger partial charge on any atom is -0.381 e. The molecule has 1 aromatic carbocycles. The monoisotopic (exact) mass is 390 g/mol. The zero-order valence-corrected chi connectivity index (χ0v) is 15.9. The fourth-order valence-corrected chi connectivity index (χ4v) is 3.10. The first-order valence-electron chi connectivity index (χ1n) is 9.53. The standard InChI is InChI=1S/C21H22N6O2/c28-21(25-17-5-4-11-22-15-17)27(18-6-2-1-3-7-18)20-23-12-8-19(26-20)24-16-9-13-29-14-10-16/h1-8,11-12,15-16H,9-10,13-14H2,(H,25,28)(H,23,24,26). The maximum Gasteiger partial charge on any atom is 0.333 e. The van der Waals surface area contributed by atoms with Gasteiger partial charge in [-0.25, -0.2) is 14.7 Å². The van der Waals surface area contributed by atoms with E-state index in [1.165, 1.54) is 4.90 Å². The third-order valence-corrected chi connectivity index (χ3v) is 4.55. The molecule has 0 unspecified atom stereocenters. The summed E-state index contributed by atoms with van der Waals surface area (Å²) in [6.07, 6.45) is 6.73. The zero-order chi connectivity index (χ0) is 19.9. The largest absolute Gasteiger partial charge is 0.381 e. The second kappa shape index (κ2) is 9.11. The highest BCUT2D eigenvalue weighted by molar-refractivity contribution is 6.05. The molecule has 1 aliphatic rings. The molecular weight excluding hydrogens is 368 g/mol. The molecule has 3 heterocycles. The molecule has 8 heteroatoms. The summed E-state index contributed by atoms with van der Waals surface area (Å²) in [6.45, 7) is 1.47. The number of hydrogen-bond donors (Lipinski definition) is 2. The Hall–Kier alpha value is -3.52. The van der Waals surface area contributed by atoms with E-state index in [1.807, 2.05) is 30.3 Å². The Kier molecular flexibility index (Phi) is 5.92. The molecule has 0 bridgehead atoms. The van der Waals surface area contributed by atoms with Crippen LogP contribution < -0.4 is 15.5 Å². The highest BCUT2D eigenvalue weighted by atomic mass is 16.5. The third kappa shape index (κ3) is 4.85. The Morgan fingerprint density at radius 2 is 1.86 bits per heavy atom. The molecule has 2 aromatic heterocycles. The normalized spacial score (nSPS) is 14.2. The van der Waals surface area contributed by atoms with Gasteiger partial charge in [0.25, 0.3) is 0 Å². The molecule has 29 heavy (non-hydrogen) atoms. The average Bonchev–Trinajstić information content (AvgIpc) is 2.76. The smallest absolute Gasteiger partial charge is 0.333 e. The van der Waals surface area contributed by atoms with E-state index >= 15 is 0 Å². The summed E-state index contributed by atoms with van der Waals surface area (Å²) in [6, 6.07) is 14.6. The van der Waals surface area contributed by atoms with Crippen LogP contribution >= 0.6 is 0 Å². The quantitative estimate of drug-likeness (QED) is 0.688. The molecule has 8 nitrogen and oxygen atoms in total. The van der Waals surface area contributed by atoms with E-state index < -0.39 is 0 Å². The SMILES string of the molecule is O=C(Nc1cccnc1)N(c1ccccc1)c1nccc(NC2CCOCC2)n1. The van der Waals surface area contributed by atoms with Crippen molar-refractivity contribution in [3.63, 3.8) is 0 Å². The predicted molar refractivity (Wildman–Crippen MR) is 111 cm³/mol. The first-order valence-corrected chi connectivity index (χ1v) is 9.53. The Morgan fingerprint density at radius 3 is 2.62 bits per heavy atom. The van der Waals surface area contributed by atoms with E-state index in [0.29, 0.717) is 23.2 Å². The molecule has 1 aliphatic heterocycles. The van der Waals surface area contributed by atoms with Gasteiger partial charge in [-0.15, -0.1) is 0 Å². The fourth-order valence-electron chi connectivity index (χ4n) is 3.10. The highest BCUT2D eigenvalue weighted by Gasteiger charge is 2.22. The molecule has 148 valence electrons. The average molecular weight is 390 g/mol. The van der Waals surface area contributed by atoms with Crippen LogP contribution in [-0.2, 0) is 4.74 Å². The van der Waals surface area contributed by atoms with Crippen LogP contribution in [0.2, 0.25) is 0 Å². The van der Waals surface area contributed by atoms with Crippen LogP contribution in [0.5, 0.6) is 0 Å². The number of amides is 2. The summed E-state index contributed by atoms with van der Waals surface area (Å²) in [5.74, 6) is 0.964. The molecule has 0 saturated carbocycles. The number of ether oxygens (including phenoxy) is 1. The molecule has 2 N–H and O–H groups in total. The van der Waals surface area contributed by atoms with Crippen LogP contribution in [0.25, 0.3) is 0 Å². The lowest BCUT2D eigenvalue weighted by molar-refractivity contribution is 0.0904. The van der Waals surface area contributed by atoms with E-state index in [1.54, 1.807) is 36.8 Å². The number of hydrogen-bond acceptors (Lipinski definition) is 6. The van der Waals surface area contributed by atoms with Crippen LogP contribution in [0, 0.1) is 0 Å². The van der Waals surface area contributed by atoms with Crippen molar-refractivity contribution in [3.05, 3.63) is 67.1 Å². The summed E-state index contributed by atoms with van der Waals surface area (Å²) in [5, 5.41) is 6.26. The van der Waals surface area contributed by atoms with Crippen molar-refractivity contribution >= 4 is 29.2 Å². The van der Waals surface area contributed by atoms with Crippen molar-refractivity contribution in [2.75, 3.05) is 28.7 Å². The minimum absolute atomic E-state index is 0.287. The molecule has 2 amide bonds. The molecule has 4 rings (SSSR count). The summed E-state index contributed by atoms with van der Waals surface area (Å²) in [7, 11) is 0. The van der Waals surface area contributed by atoms with Crippen molar-refractivity contribution in [1.29, 1.82) is 0 Å².